The van der Waals surface area contributed by atoms with Crippen molar-refractivity contribution in [3.63, 3.8) is 0 Å². The van der Waals surface area contributed by atoms with Crippen molar-refractivity contribution in [1.29, 1.82) is 0 Å². The van der Waals surface area contributed by atoms with Gasteiger partial charge in [-0.25, -0.2) is 0 Å². The molecule has 0 saturated heterocycles. The van der Waals surface area contributed by atoms with Gasteiger partial charge in [-0.3, -0.25) is 4.79 Å². The molecule has 0 radical (unpaired) electrons. The van der Waals surface area contributed by atoms with Crippen LogP contribution >= 0.6 is 11.6 Å². The molecule has 0 aromatic heterocycles. The van der Waals surface area contributed by atoms with Gasteiger partial charge in [-0.1, -0.05) is 25.4 Å². The van der Waals surface area contributed by atoms with E-state index < -0.39 is 0 Å². The maximum Gasteiger partial charge on any atom is 0.221 e. The number of carbonyl (C=O) groups excluding carboxylic acids is 1. The standard InChI is InChI=1S/C14H21ClN2O/c1-9(2)7-10(3)16-12-5-6-14(13(15)8-12)17-11(4)18/h5-6,8-10,16H,7H2,1-4H3,(H,17,18). The van der Waals surface area contributed by atoms with Crippen molar-refractivity contribution in [1.82, 2.24) is 0 Å². The van der Waals surface area contributed by atoms with Crippen LogP contribution in [0.15, 0.2) is 18.2 Å². The summed E-state index contributed by atoms with van der Waals surface area (Å²) in [5, 5.41) is 6.63. The molecule has 0 spiro atoms. The van der Waals surface area contributed by atoms with E-state index in [9.17, 15) is 4.79 Å². The summed E-state index contributed by atoms with van der Waals surface area (Å²) in [4.78, 5) is 11.0. The smallest absolute Gasteiger partial charge is 0.221 e. The summed E-state index contributed by atoms with van der Waals surface area (Å²) >= 11 is 6.11. The number of halogens is 1. The number of nitrogens with one attached hydrogen (secondary N) is 2. The molecule has 0 bridgehead atoms. The van der Waals surface area contributed by atoms with E-state index in [4.69, 9.17) is 11.6 Å². The molecule has 1 amide bonds. The fourth-order valence-electron chi connectivity index (χ4n) is 1.95. The topological polar surface area (TPSA) is 41.1 Å². The maximum atomic E-state index is 11.0. The van der Waals surface area contributed by atoms with Gasteiger partial charge in [-0.05, 0) is 37.5 Å². The zero-order valence-corrected chi connectivity index (χ0v) is 12.1. The second kappa shape index (κ2) is 6.64. The summed E-state index contributed by atoms with van der Waals surface area (Å²) in [5.41, 5.74) is 1.62. The first-order chi connectivity index (χ1) is 8.38. The number of benzene rings is 1. The van der Waals surface area contributed by atoms with E-state index in [1.807, 2.05) is 18.2 Å². The Morgan fingerprint density at radius 2 is 2.00 bits per heavy atom. The lowest BCUT2D eigenvalue weighted by Crippen LogP contribution is -2.17. The molecule has 0 saturated carbocycles. The lowest BCUT2D eigenvalue weighted by Gasteiger charge is -2.18. The molecule has 3 nitrogen and oxygen atoms in total. The normalized spacial score (nSPS) is 12.3. The van der Waals surface area contributed by atoms with E-state index in [2.05, 4.69) is 31.4 Å². The summed E-state index contributed by atoms with van der Waals surface area (Å²) < 4.78 is 0. The molecule has 0 aliphatic carbocycles. The molecule has 2 N–H and O–H groups in total. The minimum Gasteiger partial charge on any atom is -0.383 e. The number of carbonyl (C=O) groups is 1. The highest BCUT2D eigenvalue weighted by Gasteiger charge is 2.07. The average Bonchev–Trinajstić information content (AvgIpc) is 2.20. The fourth-order valence-corrected chi connectivity index (χ4v) is 2.17. The Morgan fingerprint density at radius 1 is 1.33 bits per heavy atom. The summed E-state index contributed by atoms with van der Waals surface area (Å²) in [6.45, 7) is 8.01. The Morgan fingerprint density at radius 3 is 2.50 bits per heavy atom. The minimum atomic E-state index is -0.120. The van der Waals surface area contributed by atoms with Gasteiger partial charge in [0.1, 0.15) is 0 Å². The summed E-state index contributed by atoms with van der Waals surface area (Å²) in [6, 6.07) is 5.97. The Bertz CT molecular complexity index is 418. The molecule has 1 rings (SSSR count). The molecular formula is C14H21ClN2O. The molecule has 0 heterocycles. The van der Waals surface area contributed by atoms with Gasteiger partial charge in [0.2, 0.25) is 5.91 Å². The molecule has 1 aromatic rings. The Balaban J connectivity index is 2.69. The fraction of sp³-hybridized carbons (Fsp3) is 0.500. The SMILES string of the molecule is CC(=O)Nc1ccc(NC(C)CC(C)C)cc1Cl. The molecule has 0 aliphatic rings. The van der Waals surface area contributed by atoms with Crippen LogP contribution in [-0.4, -0.2) is 11.9 Å². The highest BCUT2D eigenvalue weighted by Crippen LogP contribution is 2.26. The van der Waals surface area contributed by atoms with E-state index in [0.29, 0.717) is 22.7 Å². The van der Waals surface area contributed by atoms with Gasteiger partial charge in [0.25, 0.3) is 0 Å². The number of hydrogen-bond acceptors (Lipinski definition) is 2. The van der Waals surface area contributed by atoms with Gasteiger partial charge in [-0.2, -0.15) is 0 Å². The molecule has 18 heavy (non-hydrogen) atoms. The number of anilines is 2. The largest absolute Gasteiger partial charge is 0.383 e. The van der Waals surface area contributed by atoms with Crippen molar-refractivity contribution in [3.05, 3.63) is 23.2 Å². The zero-order valence-electron chi connectivity index (χ0n) is 11.4. The van der Waals surface area contributed by atoms with E-state index in [1.54, 1.807) is 0 Å². The van der Waals surface area contributed by atoms with Gasteiger partial charge < -0.3 is 10.6 Å². The van der Waals surface area contributed by atoms with Crippen molar-refractivity contribution in [2.24, 2.45) is 5.92 Å². The Hall–Kier alpha value is -1.22. The summed E-state index contributed by atoms with van der Waals surface area (Å²) in [7, 11) is 0. The number of rotatable bonds is 5. The van der Waals surface area contributed by atoms with Crippen LogP contribution in [0.25, 0.3) is 0 Å². The van der Waals surface area contributed by atoms with Crippen LogP contribution in [0, 0.1) is 5.92 Å². The average molecular weight is 269 g/mol. The van der Waals surface area contributed by atoms with Gasteiger partial charge >= 0.3 is 0 Å². The molecule has 100 valence electrons. The number of amides is 1. The van der Waals surface area contributed by atoms with Crippen LogP contribution in [0.4, 0.5) is 11.4 Å². The van der Waals surface area contributed by atoms with Crippen molar-refractivity contribution in [2.45, 2.75) is 40.2 Å². The van der Waals surface area contributed by atoms with Gasteiger partial charge in [0.15, 0.2) is 0 Å². The van der Waals surface area contributed by atoms with Crippen molar-refractivity contribution < 1.29 is 4.79 Å². The Kier molecular flexibility index (Phi) is 5.48. The predicted molar refractivity (Wildman–Crippen MR) is 78.3 cm³/mol. The molecule has 0 fully saturated rings. The Labute approximate surface area is 114 Å². The van der Waals surface area contributed by atoms with E-state index in [-0.39, 0.29) is 5.91 Å². The van der Waals surface area contributed by atoms with Crippen LogP contribution in [0.2, 0.25) is 5.02 Å². The molecule has 1 atom stereocenters. The highest BCUT2D eigenvalue weighted by atomic mass is 35.5. The third kappa shape index (κ3) is 4.96. The molecule has 4 heteroatoms. The molecule has 1 aromatic carbocycles. The van der Waals surface area contributed by atoms with Crippen molar-refractivity contribution in [2.75, 3.05) is 10.6 Å². The van der Waals surface area contributed by atoms with Crippen LogP contribution in [0.5, 0.6) is 0 Å². The summed E-state index contributed by atoms with van der Waals surface area (Å²) in [6.07, 6.45) is 1.10. The lowest BCUT2D eigenvalue weighted by molar-refractivity contribution is -0.114. The minimum absolute atomic E-state index is 0.120. The lowest BCUT2D eigenvalue weighted by atomic mass is 10.1. The first-order valence-corrected chi connectivity index (χ1v) is 6.60. The van der Waals surface area contributed by atoms with Crippen molar-refractivity contribution >= 4 is 28.9 Å². The molecular weight excluding hydrogens is 248 g/mol. The van der Waals surface area contributed by atoms with E-state index in [1.165, 1.54) is 6.92 Å². The maximum absolute atomic E-state index is 11.0. The van der Waals surface area contributed by atoms with Crippen LogP contribution < -0.4 is 10.6 Å². The zero-order chi connectivity index (χ0) is 13.7. The van der Waals surface area contributed by atoms with E-state index in [0.717, 1.165) is 12.1 Å². The van der Waals surface area contributed by atoms with Crippen LogP contribution in [0.3, 0.4) is 0 Å². The van der Waals surface area contributed by atoms with E-state index >= 15 is 0 Å². The first-order valence-electron chi connectivity index (χ1n) is 6.22. The second-order valence-corrected chi connectivity index (χ2v) is 5.46. The quantitative estimate of drug-likeness (QED) is 0.842. The molecule has 0 aliphatic heterocycles. The predicted octanol–water partition coefficient (Wildman–Crippen LogP) is 4.14. The highest BCUT2D eigenvalue weighted by molar-refractivity contribution is 6.34. The first kappa shape index (κ1) is 14.8. The monoisotopic (exact) mass is 268 g/mol. The third-order valence-corrected chi connectivity index (χ3v) is 2.83. The third-order valence-electron chi connectivity index (χ3n) is 2.52. The van der Waals surface area contributed by atoms with Gasteiger partial charge in [0.05, 0.1) is 10.7 Å². The van der Waals surface area contributed by atoms with Gasteiger partial charge in [0, 0.05) is 18.7 Å². The van der Waals surface area contributed by atoms with Crippen LogP contribution in [-0.2, 0) is 4.79 Å². The van der Waals surface area contributed by atoms with Crippen LogP contribution in [0.1, 0.15) is 34.1 Å². The second-order valence-electron chi connectivity index (χ2n) is 5.05. The number of hydrogen-bond donors (Lipinski definition) is 2. The van der Waals surface area contributed by atoms with Gasteiger partial charge in [-0.15, -0.1) is 0 Å². The summed E-state index contributed by atoms with van der Waals surface area (Å²) in [5.74, 6) is 0.535. The molecule has 1 unspecified atom stereocenters. The van der Waals surface area contributed by atoms with Crippen molar-refractivity contribution in [3.8, 4) is 0 Å².